The second-order valence-electron chi connectivity index (χ2n) is 10.8. The Labute approximate surface area is 280 Å². The lowest BCUT2D eigenvalue weighted by atomic mass is 9.95. The van der Waals surface area contributed by atoms with Gasteiger partial charge in [0.1, 0.15) is 12.4 Å². The van der Waals surface area contributed by atoms with Crippen LogP contribution in [0, 0.1) is 5.82 Å². The number of halogens is 2. The molecule has 0 amide bonds. The lowest BCUT2D eigenvalue weighted by molar-refractivity contribution is -0.139. The molecule has 5 rings (SSSR count). The van der Waals surface area contributed by atoms with Gasteiger partial charge in [-0.3, -0.25) is 9.36 Å². The zero-order valence-corrected chi connectivity index (χ0v) is 28.3. The average molecular weight is 681 g/mol. The first kappa shape index (κ1) is 33.7. The number of allylic oxidation sites excluding steroid dienone is 1. The molecular weight excluding hydrogens is 647 g/mol. The number of carbonyl (C=O) groups excluding carboxylic acids is 1. The summed E-state index contributed by atoms with van der Waals surface area (Å²) in [6.45, 7) is 7.48. The molecule has 12 heteroatoms. The van der Waals surface area contributed by atoms with Crippen molar-refractivity contribution in [2.45, 2.75) is 46.4 Å². The maximum atomic E-state index is 14.1. The van der Waals surface area contributed by atoms with Crippen LogP contribution in [0.1, 0.15) is 50.4 Å². The molecule has 0 bridgehead atoms. The van der Waals surface area contributed by atoms with Gasteiger partial charge in [-0.2, -0.15) is 0 Å². The molecule has 0 spiro atoms. The molecule has 0 aliphatic carbocycles. The Hall–Kier alpha value is -4.61. The number of thiazole rings is 1. The van der Waals surface area contributed by atoms with Crippen LogP contribution in [-0.2, 0) is 16.1 Å². The summed E-state index contributed by atoms with van der Waals surface area (Å²) in [5.41, 5.74) is 2.13. The number of hydrogen-bond donors (Lipinski definition) is 0. The van der Waals surface area contributed by atoms with Gasteiger partial charge in [0, 0.05) is 0 Å². The predicted molar refractivity (Wildman–Crippen MR) is 178 cm³/mol. The van der Waals surface area contributed by atoms with Gasteiger partial charge in [-0.25, -0.2) is 14.2 Å². The maximum Gasteiger partial charge on any atom is 0.338 e. The van der Waals surface area contributed by atoms with Crippen LogP contribution >= 0.6 is 22.9 Å². The monoisotopic (exact) mass is 680 g/mol. The van der Waals surface area contributed by atoms with Crippen molar-refractivity contribution in [2.24, 2.45) is 4.99 Å². The summed E-state index contributed by atoms with van der Waals surface area (Å²) in [5, 5.41) is 0.244. The van der Waals surface area contributed by atoms with E-state index in [0.29, 0.717) is 49.0 Å². The number of aromatic nitrogens is 1. The minimum absolute atomic E-state index is 0.0727. The maximum absolute atomic E-state index is 14.1. The zero-order chi connectivity index (χ0) is 33.8. The second-order valence-corrected chi connectivity index (χ2v) is 12.2. The molecule has 2 heterocycles. The Bertz CT molecular complexity index is 2040. The number of carbonyl (C=O) groups is 1. The third-order valence-corrected chi connectivity index (χ3v) is 8.47. The Morgan fingerprint density at radius 1 is 1.09 bits per heavy atom. The highest BCUT2D eigenvalue weighted by Gasteiger charge is 2.34. The highest BCUT2D eigenvalue weighted by atomic mass is 35.5. The minimum Gasteiger partial charge on any atom is -0.493 e. The molecule has 1 aromatic heterocycles. The zero-order valence-electron chi connectivity index (χ0n) is 26.8. The summed E-state index contributed by atoms with van der Waals surface area (Å²) in [4.78, 5) is 32.5. The van der Waals surface area contributed by atoms with Crippen LogP contribution in [0.3, 0.4) is 0 Å². The fourth-order valence-electron chi connectivity index (χ4n) is 5.21. The van der Waals surface area contributed by atoms with Gasteiger partial charge in [0.05, 0.1) is 53.8 Å². The van der Waals surface area contributed by atoms with Crippen LogP contribution in [0.15, 0.2) is 75.7 Å². The third kappa shape index (κ3) is 7.21. The highest BCUT2D eigenvalue weighted by Crippen LogP contribution is 2.38. The van der Waals surface area contributed by atoms with E-state index in [-0.39, 0.29) is 47.0 Å². The Morgan fingerprint density at radius 2 is 1.85 bits per heavy atom. The first-order chi connectivity index (χ1) is 22.5. The largest absolute Gasteiger partial charge is 0.493 e. The van der Waals surface area contributed by atoms with Crippen molar-refractivity contribution in [3.05, 3.63) is 113 Å². The van der Waals surface area contributed by atoms with E-state index in [4.69, 9.17) is 35.3 Å². The van der Waals surface area contributed by atoms with Crippen molar-refractivity contribution < 1.29 is 32.9 Å². The van der Waals surface area contributed by atoms with E-state index in [0.717, 1.165) is 0 Å². The summed E-state index contributed by atoms with van der Waals surface area (Å²) < 4.78 is 43.8. The molecule has 246 valence electrons. The molecule has 0 fully saturated rings. The van der Waals surface area contributed by atoms with Crippen LogP contribution in [-0.4, -0.2) is 37.5 Å². The normalized spacial score (nSPS) is 14.5. The fourth-order valence-corrected chi connectivity index (χ4v) is 6.53. The third-order valence-electron chi connectivity index (χ3n) is 7.20. The van der Waals surface area contributed by atoms with Crippen LogP contribution in [0.2, 0.25) is 5.02 Å². The number of methoxy groups -OCH3 is 2. The van der Waals surface area contributed by atoms with E-state index in [1.807, 2.05) is 13.8 Å². The van der Waals surface area contributed by atoms with E-state index in [9.17, 15) is 14.0 Å². The van der Waals surface area contributed by atoms with Crippen molar-refractivity contribution >= 4 is 35.0 Å². The van der Waals surface area contributed by atoms with Gasteiger partial charge in [-0.05, 0) is 86.9 Å². The van der Waals surface area contributed by atoms with Gasteiger partial charge in [-0.15, -0.1) is 0 Å². The van der Waals surface area contributed by atoms with Crippen LogP contribution < -0.4 is 33.8 Å². The second kappa shape index (κ2) is 14.4. The number of esters is 1. The molecule has 1 aliphatic rings. The Morgan fingerprint density at radius 3 is 2.53 bits per heavy atom. The van der Waals surface area contributed by atoms with Crippen molar-refractivity contribution in [3.8, 4) is 23.0 Å². The van der Waals surface area contributed by atoms with Crippen molar-refractivity contribution in [2.75, 3.05) is 20.8 Å². The number of rotatable bonds is 11. The summed E-state index contributed by atoms with van der Waals surface area (Å²) in [6, 6.07) is 13.9. The van der Waals surface area contributed by atoms with Crippen molar-refractivity contribution in [1.29, 1.82) is 0 Å². The number of hydrogen-bond acceptors (Lipinski definition) is 9. The minimum atomic E-state index is -0.842. The molecule has 0 radical (unpaired) electrons. The molecule has 3 aromatic carbocycles. The van der Waals surface area contributed by atoms with Crippen LogP contribution in [0.5, 0.6) is 23.0 Å². The van der Waals surface area contributed by atoms with E-state index < -0.39 is 12.0 Å². The average Bonchev–Trinajstić information content (AvgIpc) is 3.33. The van der Waals surface area contributed by atoms with Gasteiger partial charge in [0.2, 0.25) is 0 Å². The molecule has 4 aromatic rings. The molecule has 0 saturated heterocycles. The van der Waals surface area contributed by atoms with E-state index in [1.165, 1.54) is 42.3 Å². The molecule has 47 heavy (non-hydrogen) atoms. The molecule has 1 aliphatic heterocycles. The van der Waals surface area contributed by atoms with E-state index in [2.05, 4.69) is 4.99 Å². The lowest BCUT2D eigenvalue weighted by Gasteiger charge is -2.25. The summed E-state index contributed by atoms with van der Waals surface area (Å²) in [5.74, 6) is 0.667. The standard InChI is InChI=1S/C35H34ClFN2O7S/c1-7-44-34(41)30-20(4)38-35-39(31(30)23-11-12-26(46-19(2)3)27(17-23)42-5)33(40)29(47-35)16-22-14-25(36)32(28(15-22)43-6)45-18-21-9-8-10-24(37)13-21/h8-17,19,31H,7,18H2,1-6H3/b29-16-/t31-/m0/s1. The number of benzene rings is 3. The van der Waals surface area contributed by atoms with Gasteiger partial charge >= 0.3 is 5.97 Å². The lowest BCUT2D eigenvalue weighted by Crippen LogP contribution is -2.40. The molecule has 0 saturated carbocycles. The number of ether oxygens (including phenoxy) is 5. The van der Waals surface area contributed by atoms with Crippen molar-refractivity contribution in [3.63, 3.8) is 0 Å². The molecule has 0 unspecified atom stereocenters. The SMILES string of the molecule is CCOC(=O)C1=C(C)N=c2s/c(=C\c3cc(Cl)c(OCc4cccc(F)c4)c(OC)c3)c(=O)n2[C@H]1c1ccc(OC(C)C)c(OC)c1. The van der Waals surface area contributed by atoms with E-state index >= 15 is 0 Å². The molecule has 1 atom stereocenters. The topological polar surface area (TPSA) is 97.6 Å². The van der Waals surface area contributed by atoms with Gasteiger partial charge < -0.3 is 23.7 Å². The Balaban J connectivity index is 1.60. The number of nitrogens with zero attached hydrogens (tertiary/aromatic N) is 2. The summed E-state index contributed by atoms with van der Waals surface area (Å²) in [6.07, 6.45) is 1.58. The smallest absolute Gasteiger partial charge is 0.338 e. The molecule has 9 nitrogen and oxygen atoms in total. The molecular formula is C35H34ClFN2O7S. The predicted octanol–water partition coefficient (Wildman–Crippen LogP) is 5.97. The van der Waals surface area contributed by atoms with Crippen molar-refractivity contribution in [1.82, 2.24) is 4.57 Å². The van der Waals surface area contributed by atoms with Gasteiger partial charge in [0.15, 0.2) is 27.8 Å². The first-order valence-corrected chi connectivity index (χ1v) is 16.0. The molecule has 0 N–H and O–H groups in total. The summed E-state index contributed by atoms with van der Waals surface area (Å²) >= 11 is 7.79. The van der Waals surface area contributed by atoms with Crippen LogP contribution in [0.4, 0.5) is 4.39 Å². The first-order valence-electron chi connectivity index (χ1n) is 14.8. The highest BCUT2D eigenvalue weighted by molar-refractivity contribution is 7.07. The quantitative estimate of drug-likeness (QED) is 0.180. The summed E-state index contributed by atoms with van der Waals surface area (Å²) in [7, 11) is 3.01. The van der Waals surface area contributed by atoms with Crippen LogP contribution in [0.25, 0.3) is 6.08 Å². The number of fused-ring (bicyclic) bond motifs is 1. The van der Waals surface area contributed by atoms with Gasteiger partial charge in [-0.1, -0.05) is 41.1 Å². The van der Waals surface area contributed by atoms with Gasteiger partial charge in [0.25, 0.3) is 5.56 Å². The van der Waals surface area contributed by atoms with E-state index in [1.54, 1.807) is 62.4 Å². The Kier molecular flexibility index (Phi) is 10.4. The fraction of sp³-hybridized carbons (Fsp3) is 0.286.